The first kappa shape index (κ1) is 39.9. The fraction of sp³-hybridized carbons (Fsp3) is 0.488. The van der Waals surface area contributed by atoms with Gasteiger partial charge in [0.15, 0.2) is 11.8 Å². The maximum atomic E-state index is 14.7. The SMILES string of the molecule is Cc1cc(O)cc(C)c1CC(NC(=O)C(CCCn1ccnc1N)NC(=O)O)C(=O)NC(Cc1c[nH]c2ccc(F)cc12)c1nc(CC23CC4CC(CC(C4)C2)C3)no1. The van der Waals surface area contributed by atoms with Crippen molar-refractivity contribution < 1.29 is 33.5 Å². The third-order valence-electron chi connectivity index (χ3n) is 12.9. The Bertz CT molecular complexity index is 2290. The molecule has 4 bridgehead atoms. The third-order valence-corrected chi connectivity index (χ3v) is 12.9. The van der Waals surface area contributed by atoms with Crippen molar-refractivity contribution in [1.82, 2.24) is 40.6 Å². The van der Waals surface area contributed by atoms with Crippen molar-refractivity contribution in [3.8, 4) is 5.75 Å². The van der Waals surface area contributed by atoms with E-state index in [1.807, 2.05) is 0 Å². The van der Waals surface area contributed by atoms with Crippen molar-refractivity contribution in [2.24, 2.45) is 23.2 Å². The highest BCUT2D eigenvalue weighted by Gasteiger charge is 2.51. The van der Waals surface area contributed by atoms with Crippen LogP contribution in [0.3, 0.4) is 0 Å². The van der Waals surface area contributed by atoms with Crippen LogP contribution in [0.1, 0.15) is 91.4 Å². The van der Waals surface area contributed by atoms with Crippen molar-refractivity contribution >= 4 is 34.8 Å². The van der Waals surface area contributed by atoms with Gasteiger partial charge in [0.1, 0.15) is 29.7 Å². The Morgan fingerprint density at radius 1 is 1.00 bits per heavy atom. The van der Waals surface area contributed by atoms with Crippen molar-refractivity contribution in [1.29, 1.82) is 0 Å². The van der Waals surface area contributed by atoms with Gasteiger partial charge in [0.25, 0.3) is 0 Å². The number of rotatable bonds is 16. The van der Waals surface area contributed by atoms with E-state index in [-0.39, 0.29) is 36.3 Å². The highest BCUT2D eigenvalue weighted by Crippen LogP contribution is 2.61. The number of hydrogen-bond acceptors (Lipinski definition) is 9. The predicted molar refractivity (Wildman–Crippen MR) is 215 cm³/mol. The number of fused-ring (bicyclic) bond motifs is 1. The molecule has 3 amide bonds. The maximum Gasteiger partial charge on any atom is 0.405 e. The van der Waals surface area contributed by atoms with Gasteiger partial charge in [-0.25, -0.2) is 14.2 Å². The Balaban J connectivity index is 1.07. The molecule has 3 atom stereocenters. The number of carboxylic acid groups (broad SMARTS) is 1. The molecule has 0 aliphatic heterocycles. The standard InChI is InChI=1S/C43H52FN9O6/c1-23-10-30(54)11-24(2)31(23)17-35(48-38(55)34(50-42(57)58)4-3-8-53-9-7-46-41(53)45)39(56)49-36(15-28-22-47-33-6-5-29(44)16-32(28)33)40-51-37(52-59-40)21-43-18-25-12-26(19-43)14-27(13-25)20-43/h5-7,9-11,16,22,25-27,34-36,47,50,54H,3-4,8,12-15,17-21H2,1-2H3,(H2,45,46)(H,48,55)(H,49,56)(H,57,58). The smallest absolute Gasteiger partial charge is 0.405 e. The van der Waals surface area contributed by atoms with Crippen LogP contribution in [0, 0.1) is 42.8 Å². The second kappa shape index (κ2) is 16.4. The van der Waals surface area contributed by atoms with Crippen LogP contribution in [0.5, 0.6) is 5.75 Å². The van der Waals surface area contributed by atoms with Gasteiger partial charge in [-0.2, -0.15) is 4.98 Å². The molecule has 3 unspecified atom stereocenters. The van der Waals surface area contributed by atoms with Gasteiger partial charge in [-0.15, -0.1) is 0 Å². The summed E-state index contributed by atoms with van der Waals surface area (Å²) in [4.78, 5) is 52.6. The average Bonchev–Trinajstić information content (AvgIpc) is 3.91. The zero-order chi connectivity index (χ0) is 41.4. The lowest BCUT2D eigenvalue weighted by atomic mass is 9.49. The summed E-state index contributed by atoms with van der Waals surface area (Å²) in [5.41, 5.74) is 9.60. The number of nitrogens with two attached hydrogens (primary N) is 1. The molecule has 4 aliphatic carbocycles. The van der Waals surface area contributed by atoms with Crippen LogP contribution in [-0.2, 0) is 35.4 Å². The number of nitrogens with one attached hydrogen (secondary N) is 4. The molecule has 0 radical (unpaired) electrons. The molecule has 16 heteroatoms. The largest absolute Gasteiger partial charge is 0.508 e. The molecule has 312 valence electrons. The van der Waals surface area contributed by atoms with Crippen LogP contribution in [0.4, 0.5) is 15.1 Å². The second-order valence-corrected chi connectivity index (χ2v) is 17.4. The molecular weight excluding hydrogens is 758 g/mol. The summed E-state index contributed by atoms with van der Waals surface area (Å²) in [6, 6.07) is 4.34. The highest BCUT2D eigenvalue weighted by molar-refractivity contribution is 5.91. The Labute approximate surface area is 340 Å². The summed E-state index contributed by atoms with van der Waals surface area (Å²) in [5.74, 6) is 1.69. The molecule has 3 heterocycles. The molecular formula is C43H52FN9O6. The van der Waals surface area contributed by atoms with Crippen molar-refractivity contribution in [2.45, 2.75) is 109 Å². The van der Waals surface area contributed by atoms with Gasteiger partial charge in [0.05, 0.1) is 0 Å². The van der Waals surface area contributed by atoms with Gasteiger partial charge in [0, 0.05) is 55.3 Å². The summed E-state index contributed by atoms with van der Waals surface area (Å²) >= 11 is 0. The first-order valence-electron chi connectivity index (χ1n) is 20.5. The normalized spacial score (nSPS) is 22.3. The van der Waals surface area contributed by atoms with Crippen LogP contribution in [-0.4, -0.2) is 64.9 Å². The van der Waals surface area contributed by atoms with Crippen LogP contribution >= 0.6 is 0 Å². The van der Waals surface area contributed by atoms with Crippen LogP contribution in [0.25, 0.3) is 10.9 Å². The molecule has 5 aromatic rings. The number of nitrogen functional groups attached to an aromatic ring is 1. The van der Waals surface area contributed by atoms with E-state index in [9.17, 15) is 29.0 Å². The molecule has 9 rings (SSSR count). The molecule has 4 saturated carbocycles. The number of H-pyrrole nitrogens is 1. The van der Waals surface area contributed by atoms with Gasteiger partial charge in [-0.3, -0.25) is 9.59 Å². The molecule has 8 N–H and O–H groups in total. The van der Waals surface area contributed by atoms with E-state index in [1.165, 1.54) is 31.4 Å². The zero-order valence-electron chi connectivity index (χ0n) is 33.3. The van der Waals surface area contributed by atoms with Crippen molar-refractivity contribution in [2.75, 3.05) is 5.73 Å². The minimum Gasteiger partial charge on any atom is -0.508 e. The average molecular weight is 810 g/mol. The number of aryl methyl sites for hydroxylation is 3. The van der Waals surface area contributed by atoms with E-state index in [2.05, 4.69) is 31.1 Å². The number of phenolic OH excluding ortho intramolecular Hbond substituents is 1. The molecule has 2 aromatic carbocycles. The fourth-order valence-corrected chi connectivity index (χ4v) is 10.7. The van der Waals surface area contributed by atoms with Gasteiger partial charge in [-0.05, 0) is 141 Å². The summed E-state index contributed by atoms with van der Waals surface area (Å²) in [7, 11) is 0. The lowest BCUT2D eigenvalue weighted by molar-refractivity contribution is -0.130. The summed E-state index contributed by atoms with van der Waals surface area (Å²) in [5, 5.41) is 33.3. The second-order valence-electron chi connectivity index (χ2n) is 17.4. The lowest BCUT2D eigenvalue weighted by Gasteiger charge is -2.56. The Morgan fingerprint density at radius 3 is 2.36 bits per heavy atom. The van der Waals surface area contributed by atoms with Crippen molar-refractivity contribution in [3.05, 3.63) is 88.7 Å². The Kier molecular flexibility index (Phi) is 11.1. The maximum absolute atomic E-state index is 14.7. The van der Waals surface area contributed by atoms with E-state index < -0.39 is 41.9 Å². The number of aromatic nitrogens is 5. The predicted octanol–water partition coefficient (Wildman–Crippen LogP) is 5.79. The van der Waals surface area contributed by atoms with E-state index in [0.29, 0.717) is 53.2 Å². The molecule has 4 aliphatic rings. The highest BCUT2D eigenvalue weighted by atomic mass is 19.1. The number of aromatic hydroxyl groups is 1. The number of halogens is 1. The van der Waals surface area contributed by atoms with E-state index in [4.69, 9.17) is 15.2 Å². The summed E-state index contributed by atoms with van der Waals surface area (Å²) in [6.45, 7) is 4.00. The van der Waals surface area contributed by atoms with Gasteiger partial charge in [-0.1, -0.05) is 5.16 Å². The van der Waals surface area contributed by atoms with Gasteiger partial charge >= 0.3 is 6.09 Å². The van der Waals surface area contributed by atoms with Crippen molar-refractivity contribution in [3.63, 3.8) is 0 Å². The number of aromatic amines is 1. The summed E-state index contributed by atoms with van der Waals surface area (Å²) < 4.78 is 22.2. The molecule has 3 aromatic heterocycles. The third kappa shape index (κ3) is 8.91. The van der Waals surface area contributed by atoms with Gasteiger partial charge in [0.2, 0.25) is 17.7 Å². The number of carbonyl (C=O) groups is 3. The number of imidazole rings is 1. The van der Waals surface area contributed by atoms with Crippen LogP contribution in [0.15, 0.2) is 53.4 Å². The number of carbonyl (C=O) groups excluding carboxylic acids is 2. The van der Waals surface area contributed by atoms with Crippen LogP contribution in [0.2, 0.25) is 0 Å². The number of hydrogen-bond donors (Lipinski definition) is 7. The zero-order valence-corrected chi connectivity index (χ0v) is 33.3. The Morgan fingerprint density at radius 2 is 1.69 bits per heavy atom. The molecule has 15 nitrogen and oxygen atoms in total. The van der Waals surface area contributed by atoms with E-state index in [0.717, 1.165) is 48.1 Å². The molecule has 59 heavy (non-hydrogen) atoms. The first-order chi connectivity index (χ1) is 28.3. The topological polar surface area (TPSA) is 226 Å². The fourth-order valence-electron chi connectivity index (χ4n) is 10.7. The molecule has 4 fully saturated rings. The number of phenols is 1. The lowest BCUT2D eigenvalue weighted by Crippen LogP contribution is -2.55. The number of benzene rings is 2. The minimum atomic E-state index is -1.39. The monoisotopic (exact) mass is 809 g/mol. The number of anilines is 1. The minimum absolute atomic E-state index is 0.0208. The first-order valence-corrected chi connectivity index (χ1v) is 20.5. The van der Waals surface area contributed by atoms with Crippen LogP contribution < -0.4 is 21.7 Å². The number of amides is 3. The summed E-state index contributed by atoms with van der Waals surface area (Å²) in [6.07, 6.45) is 12.4. The Hall–Kier alpha value is -5.93. The molecule has 0 spiro atoms. The quantitative estimate of drug-likeness (QED) is 0.0635. The van der Waals surface area contributed by atoms with E-state index in [1.54, 1.807) is 55.2 Å². The van der Waals surface area contributed by atoms with E-state index >= 15 is 0 Å². The number of nitrogens with zero attached hydrogens (tertiary/aromatic N) is 4. The van der Waals surface area contributed by atoms with Gasteiger partial charge < -0.3 is 46.0 Å². The molecule has 0 saturated heterocycles.